The van der Waals surface area contributed by atoms with Gasteiger partial charge in [-0.15, -0.1) is 0 Å². The zero-order valence-electron chi connectivity index (χ0n) is 25.2. The van der Waals surface area contributed by atoms with Gasteiger partial charge in [0.25, 0.3) is 0 Å². The molecule has 2 aromatic heterocycles. The van der Waals surface area contributed by atoms with Gasteiger partial charge >= 0.3 is 271 Å². The van der Waals surface area contributed by atoms with Crippen molar-refractivity contribution >= 4 is 7.74 Å². The molecule has 0 N–H and O–H groups in total. The van der Waals surface area contributed by atoms with Crippen molar-refractivity contribution in [3.05, 3.63) is 151 Å². The van der Waals surface area contributed by atoms with E-state index in [9.17, 15) is 0 Å². The number of allylic oxidation sites excluding steroid dienone is 8. The number of halogens is 8. The van der Waals surface area contributed by atoms with Crippen molar-refractivity contribution in [1.29, 1.82) is 0 Å². The molecule has 11 heteroatoms. The van der Waals surface area contributed by atoms with Crippen molar-refractivity contribution in [2.24, 2.45) is 0 Å². The van der Waals surface area contributed by atoms with E-state index >= 15 is 35.1 Å². The first-order valence-corrected chi connectivity index (χ1v) is 18.4. The molecule has 0 spiro atoms. The number of aromatic nitrogens is 2. The molecule has 0 atom stereocenters. The fourth-order valence-electron chi connectivity index (χ4n) is 6.79. The molecule has 0 aliphatic heterocycles. The van der Waals surface area contributed by atoms with Crippen LogP contribution in [0.5, 0.6) is 0 Å². The molecular formula is C36H30F8N2Ti. The topological polar surface area (TPSA) is 9.86 Å². The summed E-state index contributed by atoms with van der Waals surface area (Å²) in [5.74, 6) is -14.0. The monoisotopic (exact) mass is 690 g/mol. The van der Waals surface area contributed by atoms with Crippen molar-refractivity contribution in [3.63, 3.8) is 0 Å². The van der Waals surface area contributed by atoms with Crippen molar-refractivity contribution in [2.45, 2.75) is 51.6 Å². The van der Waals surface area contributed by atoms with Gasteiger partial charge in [0, 0.05) is 0 Å². The summed E-state index contributed by atoms with van der Waals surface area (Å²) in [6.45, 7) is 0.616. The fraction of sp³-hybridized carbons (Fsp3) is 0.222. The Balaban J connectivity index is 1.54. The zero-order valence-corrected chi connectivity index (χ0v) is 26.7. The first kappa shape index (κ1) is 33.0. The molecule has 0 radical (unpaired) electrons. The number of aryl methyl sites for hydroxylation is 2. The normalized spacial score (nSPS) is 14.4. The van der Waals surface area contributed by atoms with Crippen LogP contribution in [0.1, 0.15) is 36.8 Å². The maximum atomic E-state index is 16.5. The molecule has 2 aliphatic rings. The van der Waals surface area contributed by atoms with Gasteiger partial charge < -0.3 is 0 Å². The van der Waals surface area contributed by atoms with E-state index in [1.54, 1.807) is 70.3 Å². The number of rotatable bonds is 12. The summed E-state index contributed by atoms with van der Waals surface area (Å²) in [5.41, 5.74) is -1.69. The van der Waals surface area contributed by atoms with Crippen LogP contribution in [0, 0.1) is 46.5 Å². The van der Waals surface area contributed by atoms with Gasteiger partial charge in [0.15, 0.2) is 0 Å². The predicted octanol–water partition coefficient (Wildman–Crippen LogP) is 8.46. The quantitative estimate of drug-likeness (QED) is 0.0803. The van der Waals surface area contributed by atoms with Crippen LogP contribution < -0.4 is 7.74 Å². The van der Waals surface area contributed by atoms with Crippen LogP contribution in [0.2, 0.25) is 0 Å². The molecular weight excluding hydrogens is 660 g/mol. The van der Waals surface area contributed by atoms with Crippen LogP contribution in [0.25, 0.3) is 0 Å². The molecule has 0 unspecified atom stereocenters. The van der Waals surface area contributed by atoms with Crippen molar-refractivity contribution < 1.29 is 51.7 Å². The number of hydrogen-bond acceptors (Lipinski definition) is 0. The van der Waals surface area contributed by atoms with Gasteiger partial charge in [0.1, 0.15) is 0 Å². The molecule has 6 rings (SSSR count). The van der Waals surface area contributed by atoms with Gasteiger partial charge in [0.2, 0.25) is 0 Å². The summed E-state index contributed by atoms with van der Waals surface area (Å²) in [6.07, 6.45) is 15.0. The average molecular weight is 691 g/mol. The zero-order chi connectivity index (χ0) is 33.3. The average Bonchev–Trinajstić information content (AvgIpc) is 3.90. The molecule has 2 nitrogen and oxygen atoms in total. The summed E-state index contributed by atoms with van der Waals surface area (Å²) in [4.78, 5) is 0. The van der Waals surface area contributed by atoms with E-state index in [1.807, 2.05) is 0 Å². The molecule has 4 aromatic rings. The molecule has 2 aliphatic carbocycles. The van der Waals surface area contributed by atoms with E-state index in [0.29, 0.717) is 13.1 Å². The minimum absolute atomic E-state index is 0.0777. The molecule has 0 fully saturated rings. The number of benzene rings is 2. The molecule has 0 amide bonds. The van der Waals surface area contributed by atoms with Crippen LogP contribution in [-0.4, -0.2) is 9.13 Å². The molecule has 244 valence electrons. The standard InChI is InChI=1S/2C13H10F4N.2C5H5.Ti/c2*14-10-8-11(15)13(17)9(12(10)16)4-3-7-18-5-1-2-6-18;2*1-2-4-5-3-1;/h2*1-2,5-6H,3-4,7H2;2*1-3H,4H2;. The van der Waals surface area contributed by atoms with E-state index < -0.39 is 82.0 Å². The number of nitrogens with zero attached hydrogens (tertiary/aromatic N) is 2. The van der Waals surface area contributed by atoms with E-state index in [4.69, 9.17) is 0 Å². The van der Waals surface area contributed by atoms with Crippen molar-refractivity contribution in [2.75, 3.05) is 0 Å². The van der Waals surface area contributed by atoms with Gasteiger partial charge in [-0.2, -0.15) is 0 Å². The number of hydrogen-bond donors (Lipinski definition) is 0. The molecule has 0 saturated carbocycles. The fourth-order valence-corrected chi connectivity index (χ4v) is 15.0. The van der Waals surface area contributed by atoms with Crippen LogP contribution in [-0.2, 0) is 42.5 Å². The first-order chi connectivity index (χ1) is 22.7. The van der Waals surface area contributed by atoms with Crippen LogP contribution in [0.15, 0.2) is 93.3 Å². The minimum atomic E-state index is -5.85. The Labute approximate surface area is 270 Å². The third-order valence-corrected chi connectivity index (χ3v) is 16.9. The Morgan fingerprint density at radius 3 is 1.13 bits per heavy atom. The SMILES string of the molecule is Fc1c(F)[c]([Ti]([C]2=CC=CC2)([C]2=CC=CC2)[c]2c(F)c(F)c(CCCn3cccc3)c(F)c2F)c(F)c(F)c1CCCn1cccc1. The summed E-state index contributed by atoms with van der Waals surface area (Å²) < 4.78 is 131. The summed E-state index contributed by atoms with van der Waals surface area (Å²) in [5, 5.41) is 0. The molecule has 47 heavy (non-hydrogen) atoms. The maximum absolute atomic E-state index is 16.5. The van der Waals surface area contributed by atoms with Crippen LogP contribution in [0.3, 0.4) is 0 Å². The summed E-state index contributed by atoms with van der Waals surface area (Å²) in [6, 6.07) is 7.00. The van der Waals surface area contributed by atoms with Gasteiger partial charge in [-0.05, 0) is 0 Å². The third kappa shape index (κ3) is 5.80. The van der Waals surface area contributed by atoms with Crippen LogP contribution in [0.4, 0.5) is 35.1 Å². The Kier molecular flexibility index (Phi) is 9.62. The Morgan fingerprint density at radius 1 is 0.489 bits per heavy atom. The predicted molar refractivity (Wildman–Crippen MR) is 161 cm³/mol. The van der Waals surface area contributed by atoms with Gasteiger partial charge in [0.05, 0.1) is 0 Å². The van der Waals surface area contributed by atoms with E-state index in [-0.39, 0.29) is 46.3 Å². The Hall–Kier alpha value is -3.89. The Bertz CT molecular complexity index is 1720. The molecule has 0 bridgehead atoms. The van der Waals surface area contributed by atoms with Crippen LogP contribution >= 0.6 is 0 Å². The van der Waals surface area contributed by atoms with E-state index in [1.165, 1.54) is 24.3 Å². The summed E-state index contributed by atoms with van der Waals surface area (Å²) in [7, 11) is 0. The first-order valence-electron chi connectivity index (χ1n) is 15.3. The Morgan fingerprint density at radius 2 is 0.830 bits per heavy atom. The second-order valence-corrected chi connectivity index (χ2v) is 17.6. The molecule has 0 saturated heterocycles. The molecule has 2 heterocycles. The van der Waals surface area contributed by atoms with Gasteiger partial charge in [-0.3, -0.25) is 0 Å². The van der Waals surface area contributed by atoms with Gasteiger partial charge in [-0.25, -0.2) is 0 Å². The van der Waals surface area contributed by atoms with E-state index in [0.717, 1.165) is 0 Å². The second-order valence-electron chi connectivity index (χ2n) is 11.7. The second kappa shape index (κ2) is 13.7. The summed E-state index contributed by atoms with van der Waals surface area (Å²) >= 11 is -5.85. The van der Waals surface area contributed by atoms with Gasteiger partial charge in [-0.1, -0.05) is 0 Å². The van der Waals surface area contributed by atoms with Crippen molar-refractivity contribution in [1.82, 2.24) is 9.13 Å². The third-order valence-electron chi connectivity index (χ3n) is 8.98. The van der Waals surface area contributed by atoms with Crippen molar-refractivity contribution in [3.8, 4) is 0 Å². The van der Waals surface area contributed by atoms with E-state index in [2.05, 4.69) is 0 Å². The molecule has 2 aromatic carbocycles.